The van der Waals surface area contributed by atoms with Crippen LogP contribution in [0.4, 0.5) is 0 Å². The average Bonchev–Trinajstić information content (AvgIpc) is 3.72. The highest BCUT2D eigenvalue weighted by molar-refractivity contribution is 5.14. The maximum atomic E-state index is 11.7. The summed E-state index contributed by atoms with van der Waals surface area (Å²) in [4.78, 5) is 0. The van der Waals surface area contributed by atoms with E-state index in [1.165, 1.54) is 0 Å². The largest absolute Gasteiger partial charge is 0.394 e. The van der Waals surface area contributed by atoms with Crippen molar-refractivity contribution in [1.82, 2.24) is 0 Å². The Morgan fingerprint density at radius 2 is 0.971 bits per heavy atom. The number of aliphatic hydroxyl groups is 14. The van der Waals surface area contributed by atoms with Gasteiger partial charge in [-0.3, -0.25) is 0 Å². The second kappa shape index (κ2) is 22.4. The second-order valence-corrected chi connectivity index (χ2v) is 22.4. The van der Waals surface area contributed by atoms with E-state index in [-0.39, 0.29) is 28.6 Å². The van der Waals surface area contributed by atoms with E-state index in [9.17, 15) is 71.5 Å². The molecule has 22 heteroatoms. The monoisotopic (exact) mass is 1010 g/mol. The van der Waals surface area contributed by atoms with Crippen molar-refractivity contribution in [2.45, 2.75) is 227 Å². The first-order valence-corrected chi connectivity index (χ1v) is 25.7. The van der Waals surface area contributed by atoms with E-state index in [0.29, 0.717) is 37.0 Å². The number of fused-ring (bicyclic) bond motifs is 5. The lowest BCUT2D eigenvalue weighted by Crippen LogP contribution is -2.66. The molecule has 14 N–H and O–H groups in total. The van der Waals surface area contributed by atoms with Crippen LogP contribution in [-0.4, -0.2) is 233 Å². The molecule has 0 aromatic rings. The van der Waals surface area contributed by atoms with E-state index in [4.69, 9.17) is 37.9 Å². The van der Waals surface area contributed by atoms with E-state index in [1.807, 2.05) is 0 Å². The van der Waals surface area contributed by atoms with Gasteiger partial charge in [0, 0.05) is 5.41 Å². The fourth-order valence-corrected chi connectivity index (χ4v) is 14.8. The molecule has 9 unspecified atom stereocenters. The summed E-state index contributed by atoms with van der Waals surface area (Å²) in [5, 5.41) is 149. The SMILES string of the molecule is CCC[C@@H](C)[C@H]1CC[C@H]2C3CC[C@@H]4C[C@H](O[C@@H]5OC(CO)[C@@H](O[C@H]6OC(CO)[C@@H](O)C(O)[C@@H]6O)C(O)[C@@H]5O)CC[C@]4(C)[C@H]3C[C@H](O[C@@H]3OC(CO)[C@@H](O[C@H]4OC(CO)[C@@H](O)C(O)[C@@H]4O)C(O)[C@@H]3O)[C@]12C. The summed E-state index contributed by atoms with van der Waals surface area (Å²) in [7, 11) is 0. The maximum absolute atomic E-state index is 11.7. The van der Waals surface area contributed by atoms with Crippen LogP contribution in [0.1, 0.15) is 91.9 Å². The van der Waals surface area contributed by atoms with Gasteiger partial charge in [-0.05, 0) is 92.3 Å². The smallest absolute Gasteiger partial charge is 0.187 e. The summed E-state index contributed by atoms with van der Waals surface area (Å²) >= 11 is 0. The standard InChI is InChI=1S/C48H82O22/c1-5-6-19(2)23-9-10-24-22-8-7-20-13-21(63-43-39(61)35(57)41(28(17-51)66-43)69-45-37(59)33(55)31(53)26(15-49)64-45)11-12-47(20,3)25(22)14-30(48(23,24)4)68-44-40(62)36(58)42(29(18-52)67-44)70-46-38(60)34(56)32(54)27(16-50)65-46/h19-46,49-62H,5-18H2,1-4H3/t19-,20-,21-,22?,23-,24+,25+,26?,27?,28?,29?,30+,31-,32-,33?,34?,35?,36?,37+,38+,39+,40+,41-,42-,43-,44+,45-,46-,47+,48-/m1/s1. The first-order chi connectivity index (χ1) is 33.3. The normalized spacial score (nSPS) is 54.5. The van der Waals surface area contributed by atoms with Crippen molar-refractivity contribution in [1.29, 1.82) is 0 Å². The molecule has 70 heavy (non-hydrogen) atoms. The topological polar surface area (TPSA) is 357 Å². The molecular weight excluding hydrogens is 929 g/mol. The fraction of sp³-hybridized carbons (Fsp3) is 1.00. The molecule has 0 aromatic carbocycles. The summed E-state index contributed by atoms with van der Waals surface area (Å²) < 4.78 is 48.3. The molecular formula is C48H82O22. The Bertz CT molecular complexity index is 1680. The zero-order valence-corrected chi connectivity index (χ0v) is 40.6. The molecule has 0 aromatic heterocycles. The Balaban J connectivity index is 0.964. The molecule has 8 aliphatic rings. The van der Waals surface area contributed by atoms with E-state index in [1.54, 1.807) is 0 Å². The maximum Gasteiger partial charge on any atom is 0.187 e. The summed E-state index contributed by atoms with van der Waals surface area (Å²) in [6.45, 7) is 6.33. The molecule has 4 aliphatic carbocycles. The minimum atomic E-state index is -1.79. The first kappa shape index (κ1) is 55.4. The molecule has 4 heterocycles. The van der Waals surface area contributed by atoms with E-state index < -0.39 is 161 Å². The van der Waals surface area contributed by atoms with Gasteiger partial charge >= 0.3 is 0 Å². The third-order valence-corrected chi connectivity index (χ3v) is 18.7. The van der Waals surface area contributed by atoms with Crippen LogP contribution in [0, 0.1) is 46.3 Å². The highest BCUT2D eigenvalue weighted by atomic mass is 16.8. The molecule has 30 atom stereocenters. The van der Waals surface area contributed by atoms with E-state index >= 15 is 0 Å². The van der Waals surface area contributed by atoms with Gasteiger partial charge in [0.1, 0.15) is 97.7 Å². The van der Waals surface area contributed by atoms with Crippen LogP contribution in [0.3, 0.4) is 0 Å². The molecule has 4 saturated carbocycles. The van der Waals surface area contributed by atoms with Crippen LogP contribution in [0.2, 0.25) is 0 Å². The Hall–Kier alpha value is -0.880. The minimum Gasteiger partial charge on any atom is -0.394 e. The molecule has 0 bridgehead atoms. The summed E-state index contributed by atoms with van der Waals surface area (Å²) in [5.74, 6) is 1.66. The Morgan fingerprint density at radius 1 is 0.500 bits per heavy atom. The molecule has 0 spiro atoms. The van der Waals surface area contributed by atoms with Gasteiger partial charge in [-0.2, -0.15) is 0 Å². The highest BCUT2D eigenvalue weighted by Crippen LogP contribution is 2.69. The van der Waals surface area contributed by atoms with Crippen LogP contribution >= 0.6 is 0 Å². The van der Waals surface area contributed by atoms with Crippen molar-refractivity contribution >= 4 is 0 Å². The predicted molar refractivity (Wildman–Crippen MR) is 237 cm³/mol. The molecule has 406 valence electrons. The van der Waals surface area contributed by atoms with Gasteiger partial charge in [-0.25, -0.2) is 0 Å². The van der Waals surface area contributed by atoms with Gasteiger partial charge in [-0.1, -0.05) is 40.5 Å². The minimum absolute atomic E-state index is 0.174. The molecule has 8 fully saturated rings. The van der Waals surface area contributed by atoms with Crippen molar-refractivity contribution in [3.05, 3.63) is 0 Å². The Labute approximate surface area is 408 Å². The lowest BCUT2D eigenvalue weighted by atomic mass is 9.43. The molecule has 4 aliphatic heterocycles. The summed E-state index contributed by atoms with van der Waals surface area (Å²) in [5.41, 5.74) is -0.527. The average molecular weight is 1010 g/mol. The van der Waals surface area contributed by atoms with E-state index in [2.05, 4.69) is 27.7 Å². The van der Waals surface area contributed by atoms with Crippen LogP contribution in [0.15, 0.2) is 0 Å². The third kappa shape index (κ3) is 9.91. The predicted octanol–water partition coefficient (Wildman–Crippen LogP) is -3.29. The number of rotatable bonds is 15. The van der Waals surface area contributed by atoms with Crippen LogP contribution in [-0.2, 0) is 37.9 Å². The zero-order chi connectivity index (χ0) is 50.7. The quantitative estimate of drug-likeness (QED) is 0.0715. The Morgan fingerprint density at radius 3 is 1.47 bits per heavy atom. The molecule has 4 saturated heterocycles. The van der Waals surface area contributed by atoms with Crippen LogP contribution in [0.5, 0.6) is 0 Å². The number of hydrogen-bond donors (Lipinski definition) is 14. The zero-order valence-electron chi connectivity index (χ0n) is 40.6. The first-order valence-electron chi connectivity index (χ1n) is 25.7. The van der Waals surface area contributed by atoms with Gasteiger partial charge < -0.3 is 109 Å². The van der Waals surface area contributed by atoms with Crippen LogP contribution in [0.25, 0.3) is 0 Å². The third-order valence-electron chi connectivity index (χ3n) is 18.7. The van der Waals surface area contributed by atoms with Gasteiger partial charge in [0.05, 0.1) is 38.6 Å². The second-order valence-electron chi connectivity index (χ2n) is 22.4. The van der Waals surface area contributed by atoms with Crippen molar-refractivity contribution < 1.29 is 109 Å². The fourth-order valence-electron chi connectivity index (χ4n) is 14.8. The van der Waals surface area contributed by atoms with Crippen molar-refractivity contribution in [3.8, 4) is 0 Å². The van der Waals surface area contributed by atoms with Crippen molar-refractivity contribution in [3.63, 3.8) is 0 Å². The lowest BCUT2D eigenvalue weighted by Gasteiger charge is -2.63. The molecule has 0 radical (unpaired) electrons. The van der Waals surface area contributed by atoms with Crippen molar-refractivity contribution in [2.75, 3.05) is 26.4 Å². The molecule has 22 nitrogen and oxygen atoms in total. The van der Waals surface area contributed by atoms with Crippen molar-refractivity contribution in [2.24, 2.45) is 46.3 Å². The van der Waals surface area contributed by atoms with Gasteiger partial charge in [0.25, 0.3) is 0 Å². The van der Waals surface area contributed by atoms with E-state index in [0.717, 1.165) is 44.9 Å². The van der Waals surface area contributed by atoms with Crippen LogP contribution < -0.4 is 0 Å². The van der Waals surface area contributed by atoms with Gasteiger partial charge in [0.15, 0.2) is 25.2 Å². The summed E-state index contributed by atoms with van der Waals surface area (Å²) in [6, 6.07) is 0. The van der Waals surface area contributed by atoms with Gasteiger partial charge in [-0.15, -0.1) is 0 Å². The summed E-state index contributed by atoms with van der Waals surface area (Å²) in [6.07, 6.45) is -23.5. The Kier molecular flexibility index (Phi) is 17.7. The van der Waals surface area contributed by atoms with Gasteiger partial charge in [0.2, 0.25) is 0 Å². The number of hydrogen-bond acceptors (Lipinski definition) is 22. The highest BCUT2D eigenvalue weighted by Gasteiger charge is 2.66. The lowest BCUT2D eigenvalue weighted by molar-refractivity contribution is -0.370. The molecule has 0 amide bonds. The number of ether oxygens (including phenoxy) is 8. The number of aliphatic hydroxyl groups excluding tert-OH is 14. The molecule has 8 rings (SSSR count).